The van der Waals surface area contributed by atoms with Gasteiger partial charge in [-0.05, 0) is 0 Å². The van der Waals surface area contributed by atoms with E-state index in [1.54, 1.807) is 0 Å². The zero-order chi connectivity index (χ0) is 0. The van der Waals surface area contributed by atoms with Crippen molar-refractivity contribution in [2.24, 2.45) is 0 Å². The molecule has 4 heteroatoms. The summed E-state index contributed by atoms with van der Waals surface area (Å²) < 4.78 is 0. The van der Waals surface area contributed by atoms with Gasteiger partial charge in [0.2, 0.25) is 0 Å². The molecule has 0 unspecified atom stereocenters. The Bertz CT molecular complexity index is 3.25. The Morgan fingerprint density at radius 1 is 0.500 bits per heavy atom. The van der Waals surface area contributed by atoms with Crippen LogP contribution in [0.25, 0.3) is 0 Å². The van der Waals surface area contributed by atoms with Crippen molar-refractivity contribution in [2.75, 3.05) is 0 Å². The van der Waals surface area contributed by atoms with E-state index in [-0.39, 0.29) is 110 Å². The summed E-state index contributed by atoms with van der Waals surface area (Å²) in [6, 6.07) is 0. The molecule has 0 amide bonds. The summed E-state index contributed by atoms with van der Waals surface area (Å²) in [6.45, 7) is 0. The Kier molecular flexibility index (Phi) is 101. The Morgan fingerprint density at radius 2 is 0.500 bits per heavy atom. The van der Waals surface area contributed by atoms with Crippen LogP contribution in [-0.4, -0.2) is 69.2 Å². The Balaban J connectivity index is 0. The second-order valence-electron chi connectivity index (χ2n) is 0. The predicted octanol–water partition coefficient (Wildman–Crippen LogP) is -1.14. The second kappa shape index (κ2) is 15.9. The Hall–Kier alpha value is 3.65. The first-order chi connectivity index (χ1) is 0. The minimum absolute atomic E-state index is 0. The molecule has 0 aliphatic heterocycles. The van der Waals surface area contributed by atoms with Gasteiger partial charge in [-0.1, -0.05) is 0 Å². The topological polar surface area (TPSA) is 0 Å². The molecule has 0 saturated heterocycles. The van der Waals surface area contributed by atoms with Crippen molar-refractivity contribution in [3.63, 3.8) is 0 Å². The van der Waals surface area contributed by atoms with Crippen LogP contribution in [0.3, 0.4) is 0 Å². The standard InChI is InChI=1S/3Mg.Nd. The largest absolute Gasteiger partial charge is 0 e. The third-order valence-corrected chi connectivity index (χ3v) is 0. The van der Waals surface area contributed by atoms with Crippen LogP contribution in [0.1, 0.15) is 0 Å². The van der Waals surface area contributed by atoms with Crippen molar-refractivity contribution in [1.82, 2.24) is 0 Å². The summed E-state index contributed by atoms with van der Waals surface area (Å²) in [5.41, 5.74) is 0. The van der Waals surface area contributed by atoms with Gasteiger partial charge in [-0.3, -0.25) is 0 Å². The van der Waals surface area contributed by atoms with Gasteiger partial charge in [0, 0.05) is 110 Å². The molecule has 0 atom stereocenters. The molecular weight excluding hydrogens is 217 g/mol. The normalized spacial score (nSPS) is 0. The van der Waals surface area contributed by atoms with E-state index in [1.807, 2.05) is 0 Å². The molecule has 4 heavy (non-hydrogen) atoms. The summed E-state index contributed by atoms with van der Waals surface area (Å²) >= 11 is 0. The minimum Gasteiger partial charge on any atom is 0 e. The molecule has 0 spiro atoms. The summed E-state index contributed by atoms with van der Waals surface area (Å²) in [6.07, 6.45) is 0. The van der Waals surface area contributed by atoms with Crippen molar-refractivity contribution in [1.29, 1.82) is 0 Å². The molecule has 0 aromatic carbocycles. The second-order valence-corrected chi connectivity index (χ2v) is 0. The van der Waals surface area contributed by atoms with Gasteiger partial charge in [0.25, 0.3) is 0 Å². The predicted molar refractivity (Wildman–Crippen MR) is 17.3 cm³/mol. The first kappa shape index (κ1) is 25.4. The molecule has 0 aliphatic carbocycles. The average Bonchev–Trinajstić information content (AvgIpc) is 0. The van der Waals surface area contributed by atoms with Gasteiger partial charge < -0.3 is 0 Å². The van der Waals surface area contributed by atoms with Crippen LogP contribution >= 0.6 is 0 Å². The minimum atomic E-state index is 0. The molecule has 0 bridgehead atoms. The fraction of sp³-hybridized carbons (Fsp3) is 0. The molecule has 0 saturated carbocycles. The van der Waals surface area contributed by atoms with E-state index < -0.39 is 0 Å². The van der Waals surface area contributed by atoms with E-state index in [0.29, 0.717) is 0 Å². The summed E-state index contributed by atoms with van der Waals surface area (Å²) in [7, 11) is 0. The average molecular weight is 217 g/mol. The molecule has 0 heterocycles. The molecule has 10 valence electrons. The number of hydrogen-bond donors (Lipinski definition) is 0. The van der Waals surface area contributed by atoms with E-state index >= 15 is 0 Å². The molecule has 0 N–H and O–H groups in total. The van der Waals surface area contributed by atoms with E-state index in [2.05, 4.69) is 0 Å². The van der Waals surface area contributed by atoms with Crippen LogP contribution in [0.15, 0.2) is 0 Å². The first-order valence-electron chi connectivity index (χ1n) is 0. The molecule has 0 nitrogen and oxygen atoms in total. The van der Waals surface area contributed by atoms with E-state index in [1.165, 1.54) is 0 Å². The van der Waals surface area contributed by atoms with Gasteiger partial charge in [-0.2, -0.15) is 0 Å². The fourth-order valence-corrected chi connectivity index (χ4v) is 0. The van der Waals surface area contributed by atoms with Gasteiger partial charge in [0.1, 0.15) is 0 Å². The quantitative estimate of drug-likeness (QED) is 0.450. The smallest absolute Gasteiger partial charge is 0 e. The van der Waals surface area contributed by atoms with Crippen molar-refractivity contribution >= 4 is 69.2 Å². The fourth-order valence-electron chi connectivity index (χ4n) is 0. The van der Waals surface area contributed by atoms with Crippen molar-refractivity contribution in [3.8, 4) is 0 Å². The van der Waals surface area contributed by atoms with E-state index in [4.69, 9.17) is 0 Å². The van der Waals surface area contributed by atoms with Crippen LogP contribution in [0.5, 0.6) is 0 Å². The molecule has 0 aromatic rings. The van der Waals surface area contributed by atoms with Gasteiger partial charge in [-0.25, -0.2) is 0 Å². The van der Waals surface area contributed by atoms with E-state index in [0.717, 1.165) is 0 Å². The van der Waals surface area contributed by atoms with Crippen molar-refractivity contribution < 1.29 is 40.8 Å². The van der Waals surface area contributed by atoms with Gasteiger partial charge in [0.15, 0.2) is 0 Å². The monoisotopic (exact) mass is 214 g/mol. The first-order valence-corrected chi connectivity index (χ1v) is 0. The van der Waals surface area contributed by atoms with Crippen molar-refractivity contribution in [2.45, 2.75) is 0 Å². The van der Waals surface area contributed by atoms with Crippen LogP contribution in [-0.2, 0) is 0 Å². The molecule has 0 aliphatic rings. The molecule has 6 radical (unpaired) electrons. The maximum atomic E-state index is 0. The molecular formula is Mg3Nd. The SMILES string of the molecule is [Mg].[Mg].[Mg].[Nd]. The Labute approximate surface area is 107 Å². The maximum Gasteiger partial charge on any atom is 0 e. The molecule has 0 fully saturated rings. The van der Waals surface area contributed by atoms with Crippen molar-refractivity contribution in [3.05, 3.63) is 0 Å². The Morgan fingerprint density at radius 3 is 0.500 bits per heavy atom. The van der Waals surface area contributed by atoms with Crippen LogP contribution < -0.4 is 0 Å². The van der Waals surface area contributed by atoms with Crippen LogP contribution in [0, 0.1) is 40.8 Å². The number of hydrogen-bond acceptors (Lipinski definition) is 0. The molecule has 0 rings (SSSR count). The summed E-state index contributed by atoms with van der Waals surface area (Å²) in [5.74, 6) is 0. The summed E-state index contributed by atoms with van der Waals surface area (Å²) in [5, 5.41) is 0. The van der Waals surface area contributed by atoms with Crippen LogP contribution in [0.4, 0.5) is 0 Å². The third kappa shape index (κ3) is 9.17. The van der Waals surface area contributed by atoms with E-state index in [9.17, 15) is 0 Å². The molecule has 0 aromatic heterocycles. The third-order valence-electron chi connectivity index (χ3n) is 0. The number of rotatable bonds is 0. The maximum absolute atomic E-state index is 0. The van der Waals surface area contributed by atoms with Gasteiger partial charge in [-0.15, -0.1) is 0 Å². The van der Waals surface area contributed by atoms with Gasteiger partial charge in [0.05, 0.1) is 0 Å². The zero-order valence-corrected chi connectivity index (χ0v) is 10.1. The van der Waals surface area contributed by atoms with Gasteiger partial charge >= 0.3 is 0 Å². The van der Waals surface area contributed by atoms with Crippen LogP contribution in [0.2, 0.25) is 0 Å². The summed E-state index contributed by atoms with van der Waals surface area (Å²) in [4.78, 5) is 0. The zero-order valence-electron chi connectivity index (χ0n) is 2.62.